The number of nitrogens with zero attached hydrogens (tertiary/aromatic N) is 2. The molecule has 0 aliphatic heterocycles. The number of rotatable bonds is 9. The second-order valence-electron chi connectivity index (χ2n) is 6.65. The van der Waals surface area contributed by atoms with Gasteiger partial charge in [0.1, 0.15) is 23.9 Å². The van der Waals surface area contributed by atoms with Gasteiger partial charge in [-0.3, -0.25) is 4.79 Å². The second kappa shape index (κ2) is 10.5. The number of hydrogen-bond acceptors (Lipinski definition) is 3. The van der Waals surface area contributed by atoms with E-state index in [2.05, 4.69) is 5.32 Å². The number of urea groups is 1. The van der Waals surface area contributed by atoms with Crippen molar-refractivity contribution in [3.8, 4) is 0 Å². The highest BCUT2D eigenvalue weighted by atomic mass is 19.1. The van der Waals surface area contributed by atoms with Crippen LogP contribution in [0.3, 0.4) is 0 Å². The summed E-state index contributed by atoms with van der Waals surface area (Å²) in [5, 5.41) is 2.74. The average Bonchev–Trinajstić information content (AvgIpc) is 3.07. The van der Waals surface area contributed by atoms with Crippen LogP contribution >= 0.6 is 0 Å². The Morgan fingerprint density at radius 3 is 2.32 bits per heavy atom. The summed E-state index contributed by atoms with van der Waals surface area (Å²) in [6, 6.07) is 9.45. The van der Waals surface area contributed by atoms with Gasteiger partial charge in [0, 0.05) is 19.6 Å². The van der Waals surface area contributed by atoms with Gasteiger partial charge in [-0.25, -0.2) is 9.18 Å². The van der Waals surface area contributed by atoms with Crippen molar-refractivity contribution in [3.63, 3.8) is 0 Å². The lowest BCUT2D eigenvalue weighted by Gasteiger charge is -2.27. The molecule has 0 spiro atoms. The van der Waals surface area contributed by atoms with E-state index in [1.165, 1.54) is 17.0 Å². The lowest BCUT2D eigenvalue weighted by molar-refractivity contribution is -0.133. The van der Waals surface area contributed by atoms with Gasteiger partial charge < -0.3 is 19.5 Å². The van der Waals surface area contributed by atoms with Crippen LogP contribution in [0.2, 0.25) is 0 Å². The summed E-state index contributed by atoms with van der Waals surface area (Å²) in [7, 11) is 0. The predicted octanol–water partition coefficient (Wildman–Crippen LogP) is 3.70. The van der Waals surface area contributed by atoms with Crippen molar-refractivity contribution in [2.24, 2.45) is 0 Å². The van der Waals surface area contributed by atoms with E-state index >= 15 is 0 Å². The number of nitrogens with one attached hydrogen (secondary N) is 1. The molecule has 0 unspecified atom stereocenters. The third kappa shape index (κ3) is 6.40. The summed E-state index contributed by atoms with van der Waals surface area (Å²) >= 11 is 0. The third-order valence-corrected chi connectivity index (χ3v) is 4.22. The van der Waals surface area contributed by atoms with Crippen LogP contribution in [0.1, 0.15) is 37.4 Å². The molecule has 0 saturated carbocycles. The highest BCUT2D eigenvalue weighted by Gasteiger charge is 2.22. The SMILES string of the molecule is CCCN(CC(=O)N(Cc1ccc(F)cc1)Cc1ccc(C)o1)C(=O)NCC. The van der Waals surface area contributed by atoms with Gasteiger partial charge >= 0.3 is 6.03 Å². The van der Waals surface area contributed by atoms with Crippen molar-refractivity contribution < 1.29 is 18.4 Å². The largest absolute Gasteiger partial charge is 0.464 e. The molecule has 0 bridgehead atoms. The highest BCUT2D eigenvalue weighted by molar-refractivity contribution is 5.84. The van der Waals surface area contributed by atoms with E-state index in [1.54, 1.807) is 17.0 Å². The van der Waals surface area contributed by atoms with Crippen LogP contribution < -0.4 is 5.32 Å². The van der Waals surface area contributed by atoms with Crippen LogP contribution in [0.25, 0.3) is 0 Å². The Morgan fingerprint density at radius 2 is 1.75 bits per heavy atom. The van der Waals surface area contributed by atoms with Gasteiger partial charge in [0.05, 0.1) is 6.54 Å². The first kappa shape index (κ1) is 21.5. The molecule has 2 rings (SSSR count). The quantitative estimate of drug-likeness (QED) is 0.711. The number of halogens is 1. The fourth-order valence-corrected chi connectivity index (χ4v) is 2.85. The Bertz CT molecular complexity index is 773. The number of hydrogen-bond donors (Lipinski definition) is 1. The first-order valence-electron chi connectivity index (χ1n) is 9.53. The van der Waals surface area contributed by atoms with Gasteiger partial charge in [-0.15, -0.1) is 0 Å². The molecule has 152 valence electrons. The summed E-state index contributed by atoms with van der Waals surface area (Å²) in [6.45, 7) is 7.17. The van der Waals surface area contributed by atoms with Crippen molar-refractivity contribution in [3.05, 3.63) is 59.3 Å². The summed E-state index contributed by atoms with van der Waals surface area (Å²) < 4.78 is 18.8. The normalized spacial score (nSPS) is 10.6. The van der Waals surface area contributed by atoms with Crippen LogP contribution in [0, 0.1) is 12.7 Å². The fraction of sp³-hybridized carbons (Fsp3) is 0.429. The average molecular weight is 389 g/mol. The molecule has 7 heteroatoms. The van der Waals surface area contributed by atoms with E-state index in [9.17, 15) is 14.0 Å². The second-order valence-corrected chi connectivity index (χ2v) is 6.65. The van der Waals surface area contributed by atoms with Gasteiger partial charge in [0.2, 0.25) is 5.91 Å². The number of aryl methyl sites for hydroxylation is 1. The van der Waals surface area contributed by atoms with E-state index in [0.717, 1.165) is 17.7 Å². The van der Waals surface area contributed by atoms with Gasteiger partial charge in [0.25, 0.3) is 0 Å². The predicted molar refractivity (Wildman–Crippen MR) is 105 cm³/mol. The summed E-state index contributed by atoms with van der Waals surface area (Å²) in [4.78, 5) is 28.4. The Morgan fingerprint density at radius 1 is 1.04 bits per heavy atom. The topological polar surface area (TPSA) is 65.8 Å². The Kier molecular flexibility index (Phi) is 8.04. The zero-order chi connectivity index (χ0) is 20.5. The molecule has 0 aliphatic rings. The molecule has 1 N–H and O–H groups in total. The molecule has 1 aromatic carbocycles. The number of amides is 3. The van der Waals surface area contributed by atoms with Gasteiger partial charge in [-0.2, -0.15) is 0 Å². The van der Waals surface area contributed by atoms with Crippen LogP contribution in [-0.2, 0) is 17.9 Å². The Balaban J connectivity index is 2.16. The van der Waals surface area contributed by atoms with Crippen molar-refractivity contribution >= 4 is 11.9 Å². The zero-order valence-corrected chi connectivity index (χ0v) is 16.7. The molecule has 2 aromatic rings. The van der Waals surface area contributed by atoms with Crippen molar-refractivity contribution in [2.45, 2.75) is 40.3 Å². The monoisotopic (exact) mass is 389 g/mol. The number of carbonyl (C=O) groups is 2. The van der Waals surface area contributed by atoms with Crippen molar-refractivity contribution in [1.29, 1.82) is 0 Å². The molecular weight excluding hydrogens is 361 g/mol. The molecule has 0 atom stereocenters. The number of furan rings is 1. The molecular formula is C21H28FN3O3. The molecule has 0 fully saturated rings. The lowest BCUT2D eigenvalue weighted by Crippen LogP contribution is -2.46. The highest BCUT2D eigenvalue weighted by Crippen LogP contribution is 2.14. The fourth-order valence-electron chi connectivity index (χ4n) is 2.85. The molecule has 1 heterocycles. The summed E-state index contributed by atoms with van der Waals surface area (Å²) in [5.74, 6) is 0.902. The smallest absolute Gasteiger partial charge is 0.317 e. The van der Waals surface area contributed by atoms with Crippen molar-refractivity contribution in [1.82, 2.24) is 15.1 Å². The molecule has 0 saturated heterocycles. The maximum atomic E-state index is 13.2. The first-order valence-corrected chi connectivity index (χ1v) is 9.53. The molecule has 6 nitrogen and oxygen atoms in total. The van der Waals surface area contributed by atoms with E-state index < -0.39 is 0 Å². The Hall–Kier alpha value is -2.83. The molecule has 1 aromatic heterocycles. The van der Waals surface area contributed by atoms with Crippen LogP contribution in [0.5, 0.6) is 0 Å². The molecule has 28 heavy (non-hydrogen) atoms. The minimum atomic E-state index is -0.325. The van der Waals surface area contributed by atoms with Crippen molar-refractivity contribution in [2.75, 3.05) is 19.6 Å². The molecule has 3 amide bonds. The standard InChI is InChI=1S/C21H28FN3O3/c1-4-12-24(21(27)23-5-2)15-20(26)25(14-19-11-6-16(3)28-19)13-17-7-9-18(22)10-8-17/h6-11H,4-5,12-15H2,1-3H3,(H,23,27). The van der Waals surface area contributed by atoms with Gasteiger partial charge in [-0.1, -0.05) is 19.1 Å². The first-order chi connectivity index (χ1) is 13.4. The minimum Gasteiger partial charge on any atom is -0.464 e. The molecule has 0 aliphatic carbocycles. The lowest BCUT2D eigenvalue weighted by atomic mass is 10.2. The van der Waals surface area contributed by atoms with Gasteiger partial charge in [-0.05, 0) is 50.1 Å². The maximum Gasteiger partial charge on any atom is 0.317 e. The van der Waals surface area contributed by atoms with E-state index in [4.69, 9.17) is 4.42 Å². The maximum absolute atomic E-state index is 13.2. The minimum absolute atomic E-state index is 0.0272. The van der Waals surface area contributed by atoms with Crippen LogP contribution in [-0.4, -0.2) is 41.4 Å². The molecule has 0 radical (unpaired) electrons. The summed E-state index contributed by atoms with van der Waals surface area (Å²) in [6.07, 6.45) is 0.750. The van der Waals surface area contributed by atoms with Gasteiger partial charge in [0.15, 0.2) is 0 Å². The third-order valence-electron chi connectivity index (χ3n) is 4.22. The van der Waals surface area contributed by atoms with Crippen LogP contribution in [0.4, 0.5) is 9.18 Å². The Labute approximate surface area is 165 Å². The van der Waals surface area contributed by atoms with Crippen LogP contribution in [0.15, 0.2) is 40.8 Å². The summed E-state index contributed by atoms with van der Waals surface area (Å²) in [5.41, 5.74) is 0.804. The zero-order valence-electron chi connectivity index (χ0n) is 16.7. The van der Waals surface area contributed by atoms with E-state index in [0.29, 0.717) is 25.4 Å². The number of carbonyl (C=O) groups excluding carboxylic acids is 2. The van der Waals surface area contributed by atoms with E-state index in [-0.39, 0.29) is 30.8 Å². The van der Waals surface area contributed by atoms with E-state index in [1.807, 2.05) is 32.9 Å². The number of benzene rings is 1.